The lowest BCUT2D eigenvalue weighted by Gasteiger charge is -2.30. The predicted molar refractivity (Wildman–Crippen MR) is 121 cm³/mol. The zero-order valence-corrected chi connectivity index (χ0v) is 18.3. The number of hydrogen-bond acceptors (Lipinski definition) is 4. The third kappa shape index (κ3) is 4.01. The van der Waals surface area contributed by atoms with Crippen LogP contribution in [0.4, 0.5) is 0 Å². The first kappa shape index (κ1) is 20.9. The summed E-state index contributed by atoms with van der Waals surface area (Å²) in [6.07, 6.45) is 6.02. The van der Waals surface area contributed by atoms with Crippen LogP contribution in [0.15, 0.2) is 66.1 Å². The first-order valence-corrected chi connectivity index (χ1v) is 10.7. The summed E-state index contributed by atoms with van der Waals surface area (Å²) in [5, 5.41) is 22.1. The molecule has 0 amide bonds. The van der Waals surface area contributed by atoms with Crippen molar-refractivity contribution in [2.75, 3.05) is 0 Å². The van der Waals surface area contributed by atoms with Crippen LogP contribution in [0, 0.1) is 0 Å². The Bertz CT molecular complexity index is 1150. The van der Waals surface area contributed by atoms with Gasteiger partial charge in [0.25, 0.3) is 0 Å². The van der Waals surface area contributed by atoms with Crippen molar-refractivity contribution in [2.24, 2.45) is 5.16 Å². The average Bonchev–Trinajstić information content (AvgIpc) is 3.56. The molecule has 8 heteroatoms. The summed E-state index contributed by atoms with van der Waals surface area (Å²) in [6.45, 7) is 4.39. The summed E-state index contributed by atoms with van der Waals surface area (Å²) >= 11 is 5.95. The normalized spacial score (nSPS) is 12.4. The summed E-state index contributed by atoms with van der Waals surface area (Å²) < 4.78 is 1.63. The molecule has 0 radical (unpaired) electrons. The number of nitrogens with zero attached hydrogens (tertiary/aromatic N) is 4. The van der Waals surface area contributed by atoms with Crippen LogP contribution in [-0.2, 0) is 11.8 Å². The number of oxime groups is 1. The number of halogens is 1. The Morgan fingerprint density at radius 1 is 1.10 bits per heavy atom. The second kappa shape index (κ2) is 8.81. The van der Waals surface area contributed by atoms with Gasteiger partial charge in [0, 0.05) is 40.1 Å². The lowest BCUT2D eigenvalue weighted by atomic mass is 9.76. The monoisotopic (exact) mass is 436 g/mol. The molecular formula is C23H25ClN6O. The molecule has 3 N–H and O–H groups in total. The number of aromatic nitrogens is 5. The van der Waals surface area contributed by atoms with Crippen molar-refractivity contribution in [2.45, 2.75) is 38.5 Å². The highest BCUT2D eigenvalue weighted by Gasteiger charge is 2.33. The van der Waals surface area contributed by atoms with E-state index < -0.39 is 0 Å². The van der Waals surface area contributed by atoms with Gasteiger partial charge >= 0.3 is 0 Å². The molecule has 31 heavy (non-hydrogen) atoms. The van der Waals surface area contributed by atoms with Crippen molar-refractivity contribution in [1.29, 1.82) is 0 Å². The zero-order chi connectivity index (χ0) is 21.8. The largest absolute Gasteiger partial charge is 0.411 e. The third-order valence-corrected chi connectivity index (χ3v) is 6.19. The van der Waals surface area contributed by atoms with Crippen LogP contribution < -0.4 is 0 Å². The van der Waals surface area contributed by atoms with E-state index in [1.807, 2.05) is 30.5 Å². The molecule has 0 saturated heterocycles. The Labute approximate surface area is 185 Å². The lowest BCUT2D eigenvalue weighted by Crippen LogP contribution is -2.27. The van der Waals surface area contributed by atoms with E-state index >= 15 is 0 Å². The molecule has 7 nitrogen and oxygen atoms in total. The summed E-state index contributed by atoms with van der Waals surface area (Å²) in [6, 6.07) is 15.6. The summed E-state index contributed by atoms with van der Waals surface area (Å²) in [4.78, 5) is 6.92. The Kier molecular flexibility index (Phi) is 5.95. The number of hydrogen-bond donors (Lipinski definition) is 3. The van der Waals surface area contributed by atoms with Gasteiger partial charge in [0.15, 0.2) is 0 Å². The predicted octanol–water partition coefficient (Wildman–Crippen LogP) is 5.10. The van der Waals surface area contributed by atoms with E-state index in [4.69, 9.17) is 11.6 Å². The van der Waals surface area contributed by atoms with Crippen molar-refractivity contribution in [3.8, 4) is 5.69 Å². The fourth-order valence-corrected chi connectivity index (χ4v) is 4.21. The molecular weight excluding hydrogens is 412 g/mol. The molecule has 4 aromatic rings. The molecule has 0 aliphatic carbocycles. The van der Waals surface area contributed by atoms with Gasteiger partial charge in [-0.3, -0.25) is 0 Å². The molecule has 0 saturated carbocycles. The maximum absolute atomic E-state index is 9.64. The fourth-order valence-electron chi connectivity index (χ4n) is 4.08. The Hall–Kier alpha value is -3.32. The topological polar surface area (TPSA) is 94.9 Å². The minimum Gasteiger partial charge on any atom is -0.411 e. The molecule has 0 aliphatic heterocycles. The Morgan fingerprint density at radius 3 is 2.52 bits per heavy atom. The molecule has 3 aromatic heterocycles. The summed E-state index contributed by atoms with van der Waals surface area (Å²) in [5.74, 6) is 0. The van der Waals surface area contributed by atoms with Crippen LogP contribution in [0.1, 0.15) is 49.5 Å². The van der Waals surface area contributed by atoms with Crippen LogP contribution in [0.3, 0.4) is 0 Å². The maximum Gasteiger partial charge on any atom is 0.131 e. The van der Waals surface area contributed by atoms with Crippen molar-refractivity contribution in [1.82, 2.24) is 25.0 Å². The van der Waals surface area contributed by atoms with E-state index in [2.05, 4.69) is 51.4 Å². The van der Waals surface area contributed by atoms with Crippen molar-refractivity contribution >= 4 is 17.3 Å². The molecule has 0 unspecified atom stereocenters. The lowest BCUT2D eigenvalue weighted by molar-refractivity contribution is 0.318. The van der Waals surface area contributed by atoms with Crippen LogP contribution in [0.2, 0.25) is 5.02 Å². The van der Waals surface area contributed by atoms with Crippen molar-refractivity contribution < 1.29 is 5.21 Å². The number of rotatable bonds is 8. The Morgan fingerprint density at radius 2 is 1.87 bits per heavy atom. The molecule has 1 aromatic carbocycles. The van der Waals surface area contributed by atoms with E-state index in [0.29, 0.717) is 22.8 Å². The van der Waals surface area contributed by atoms with Gasteiger partial charge in [-0.15, -0.1) is 5.10 Å². The molecule has 0 fully saturated rings. The number of H-pyrrole nitrogens is 2. The van der Waals surface area contributed by atoms with Gasteiger partial charge in [0.05, 0.1) is 11.9 Å². The first-order chi connectivity index (χ1) is 15.1. The van der Waals surface area contributed by atoms with Gasteiger partial charge < -0.3 is 15.2 Å². The smallest absolute Gasteiger partial charge is 0.131 e. The molecule has 0 spiro atoms. The first-order valence-electron chi connectivity index (χ1n) is 10.3. The highest BCUT2D eigenvalue weighted by molar-refractivity contribution is 6.30. The fraction of sp³-hybridized carbons (Fsp3) is 0.261. The Balaban J connectivity index is 1.57. The zero-order valence-electron chi connectivity index (χ0n) is 17.5. The van der Waals surface area contributed by atoms with E-state index in [1.165, 1.54) is 5.69 Å². The van der Waals surface area contributed by atoms with Gasteiger partial charge in [0.2, 0.25) is 0 Å². The molecule has 0 atom stereocenters. The summed E-state index contributed by atoms with van der Waals surface area (Å²) in [7, 11) is 0. The highest BCUT2D eigenvalue weighted by atomic mass is 35.5. The van der Waals surface area contributed by atoms with Gasteiger partial charge in [-0.05, 0) is 61.4 Å². The van der Waals surface area contributed by atoms with E-state index in [0.717, 1.165) is 29.9 Å². The molecule has 0 bridgehead atoms. The second-order valence-corrected chi connectivity index (χ2v) is 7.95. The number of benzene rings is 1. The number of aromatic amines is 2. The van der Waals surface area contributed by atoms with Gasteiger partial charge in [0.1, 0.15) is 11.4 Å². The molecule has 160 valence electrons. The van der Waals surface area contributed by atoms with E-state index in [1.54, 1.807) is 23.0 Å². The van der Waals surface area contributed by atoms with Gasteiger partial charge in [-0.2, -0.15) is 0 Å². The maximum atomic E-state index is 9.64. The van der Waals surface area contributed by atoms with Crippen molar-refractivity contribution in [3.63, 3.8) is 0 Å². The highest BCUT2D eigenvalue weighted by Crippen LogP contribution is 2.37. The van der Waals surface area contributed by atoms with Gasteiger partial charge in [-0.25, -0.2) is 4.68 Å². The van der Waals surface area contributed by atoms with E-state index in [-0.39, 0.29) is 5.41 Å². The van der Waals surface area contributed by atoms with E-state index in [9.17, 15) is 5.21 Å². The SMILES string of the molecule is CCC(CC)(c1ccc[nH]1)c1ccc(C/C(=N\O)c2cn(-c3ccc(Cl)cc3)nn2)[nH]1. The van der Waals surface area contributed by atoms with Crippen LogP contribution in [0.25, 0.3) is 5.69 Å². The average molecular weight is 437 g/mol. The minimum atomic E-state index is -0.115. The van der Waals surface area contributed by atoms with Crippen molar-refractivity contribution in [3.05, 3.63) is 88.7 Å². The number of nitrogens with one attached hydrogen (secondary N) is 2. The molecule has 4 rings (SSSR count). The molecule has 0 aliphatic rings. The van der Waals surface area contributed by atoms with Gasteiger partial charge in [-0.1, -0.05) is 35.8 Å². The second-order valence-electron chi connectivity index (χ2n) is 7.52. The molecule has 3 heterocycles. The minimum absolute atomic E-state index is 0.115. The van der Waals surface area contributed by atoms with Crippen LogP contribution in [-0.4, -0.2) is 35.9 Å². The van der Waals surface area contributed by atoms with Crippen LogP contribution in [0.5, 0.6) is 0 Å². The standard InChI is InChI=1S/C23H25ClN6O/c1-3-23(4-2,21-6-5-13-25-21)22-12-9-17(26-22)14-19(28-31)20-15-30(29-27-20)18-10-7-16(24)8-11-18/h5-13,15,25-26,31H,3-4,14H2,1-2H3/b28-19+. The quantitative estimate of drug-likeness (QED) is 0.203. The third-order valence-electron chi connectivity index (χ3n) is 5.94. The van der Waals surface area contributed by atoms with Crippen LogP contribution >= 0.6 is 11.6 Å². The summed E-state index contributed by atoms with van der Waals surface area (Å²) in [5.41, 5.74) is 4.92.